The van der Waals surface area contributed by atoms with Crippen molar-refractivity contribution in [3.63, 3.8) is 0 Å². The zero-order chi connectivity index (χ0) is 16.7. The summed E-state index contributed by atoms with van der Waals surface area (Å²) in [6.45, 7) is 2.55. The Morgan fingerprint density at radius 1 is 1.33 bits per heavy atom. The molecule has 124 valence electrons. The van der Waals surface area contributed by atoms with Crippen LogP contribution in [-0.4, -0.2) is 43.9 Å². The highest BCUT2D eigenvalue weighted by atomic mass is 32.2. The fourth-order valence-corrected chi connectivity index (χ4v) is 4.67. The van der Waals surface area contributed by atoms with Crippen LogP contribution in [0.5, 0.6) is 0 Å². The highest BCUT2D eigenvalue weighted by Gasteiger charge is 2.55. The molecule has 0 saturated carbocycles. The summed E-state index contributed by atoms with van der Waals surface area (Å²) in [5.74, 6) is 0.471. The maximum Gasteiger partial charge on any atom is 0.343 e. The maximum atomic E-state index is 12.7. The topological polar surface area (TPSA) is 72.4 Å². The Labute approximate surface area is 143 Å². The van der Waals surface area contributed by atoms with E-state index >= 15 is 0 Å². The zero-order valence-electron chi connectivity index (χ0n) is 13.3. The van der Waals surface area contributed by atoms with Crippen LogP contribution in [0, 0.1) is 6.92 Å². The van der Waals surface area contributed by atoms with Gasteiger partial charge in [0.15, 0.2) is 4.87 Å². The van der Waals surface area contributed by atoms with Crippen LogP contribution in [0.3, 0.4) is 0 Å². The van der Waals surface area contributed by atoms with Crippen molar-refractivity contribution in [2.24, 2.45) is 0 Å². The van der Waals surface area contributed by atoms with Crippen molar-refractivity contribution in [2.75, 3.05) is 12.3 Å². The summed E-state index contributed by atoms with van der Waals surface area (Å²) < 4.78 is 5.54. The Balaban J connectivity index is 1.54. The first kappa shape index (κ1) is 15.4. The zero-order valence-corrected chi connectivity index (χ0v) is 14.1. The number of amides is 1. The van der Waals surface area contributed by atoms with Gasteiger partial charge in [-0.2, -0.15) is 0 Å². The Hall–Kier alpha value is -2.15. The minimum absolute atomic E-state index is 0.0404. The first-order valence-electron chi connectivity index (χ1n) is 7.94. The maximum absolute atomic E-state index is 12.7. The summed E-state index contributed by atoms with van der Waals surface area (Å²) in [4.78, 5) is 34.5. The van der Waals surface area contributed by atoms with E-state index < -0.39 is 4.87 Å². The van der Waals surface area contributed by atoms with Crippen molar-refractivity contribution in [3.05, 3.63) is 35.7 Å². The smallest absolute Gasteiger partial charge is 0.343 e. The number of ether oxygens (including phenoxy) is 1. The quantitative estimate of drug-likeness (QED) is 0.794. The highest BCUT2D eigenvalue weighted by Crippen LogP contribution is 2.45. The van der Waals surface area contributed by atoms with E-state index in [0.29, 0.717) is 25.1 Å². The molecule has 7 heteroatoms. The average Bonchev–Trinajstić information content (AvgIpc) is 3.14. The average molecular weight is 343 g/mol. The van der Waals surface area contributed by atoms with Crippen molar-refractivity contribution in [2.45, 2.75) is 31.2 Å². The second kappa shape index (κ2) is 5.73. The molecule has 6 nitrogen and oxygen atoms in total. The molecule has 2 aromatic rings. The molecule has 1 aromatic heterocycles. The lowest BCUT2D eigenvalue weighted by Gasteiger charge is -2.28. The molecular weight excluding hydrogens is 326 g/mol. The molecule has 3 heterocycles. The summed E-state index contributed by atoms with van der Waals surface area (Å²) in [6, 6.07) is 7.61. The third kappa shape index (κ3) is 2.34. The molecule has 1 amide bonds. The van der Waals surface area contributed by atoms with Crippen LogP contribution in [0.2, 0.25) is 0 Å². The van der Waals surface area contributed by atoms with Crippen LogP contribution in [0.25, 0.3) is 11.0 Å². The molecule has 2 saturated heterocycles. The van der Waals surface area contributed by atoms with E-state index in [4.69, 9.17) is 4.74 Å². The van der Waals surface area contributed by atoms with E-state index in [1.165, 1.54) is 11.8 Å². The summed E-state index contributed by atoms with van der Waals surface area (Å²) in [6.07, 6.45) is 0.939. The summed E-state index contributed by atoms with van der Waals surface area (Å²) >= 11 is 1.51. The van der Waals surface area contributed by atoms with Crippen molar-refractivity contribution < 1.29 is 14.3 Å². The van der Waals surface area contributed by atoms with Crippen LogP contribution >= 0.6 is 11.8 Å². The number of benzene rings is 1. The standard InChI is InChI=1S/C17H17N3O3S/c1-11-14(19-13-5-3-2-4-12(13)18-11)10-23-16(22)17-7-6-15(21)20(17)8-9-24-17/h2-5H,6-10H2,1H3/t17-/m0/s1. The number of hydrogen-bond donors (Lipinski definition) is 0. The van der Waals surface area contributed by atoms with E-state index in [0.717, 1.165) is 22.5 Å². The number of nitrogens with zero attached hydrogens (tertiary/aromatic N) is 3. The molecule has 24 heavy (non-hydrogen) atoms. The third-order valence-electron chi connectivity index (χ3n) is 4.57. The van der Waals surface area contributed by atoms with E-state index in [9.17, 15) is 9.59 Å². The van der Waals surface area contributed by atoms with Crippen molar-refractivity contribution >= 4 is 34.7 Å². The first-order valence-corrected chi connectivity index (χ1v) is 8.93. The van der Waals surface area contributed by atoms with Crippen molar-refractivity contribution in [1.82, 2.24) is 14.9 Å². The Bertz CT molecular complexity index is 841. The van der Waals surface area contributed by atoms with Gasteiger partial charge in [-0.15, -0.1) is 11.8 Å². The third-order valence-corrected chi connectivity index (χ3v) is 6.03. The van der Waals surface area contributed by atoms with Crippen LogP contribution in [0.4, 0.5) is 0 Å². The van der Waals surface area contributed by atoms with Gasteiger partial charge >= 0.3 is 5.97 Å². The molecular formula is C17H17N3O3S. The molecule has 2 fully saturated rings. The van der Waals surface area contributed by atoms with Crippen LogP contribution < -0.4 is 0 Å². The van der Waals surface area contributed by atoms with E-state index in [1.54, 1.807) is 4.90 Å². The minimum Gasteiger partial charge on any atom is -0.457 e. The molecule has 1 atom stereocenters. The predicted octanol–water partition coefficient (Wildman–Crippen LogP) is 2.05. The lowest BCUT2D eigenvalue weighted by Crippen LogP contribution is -2.46. The fraction of sp³-hybridized carbons (Fsp3) is 0.412. The van der Waals surface area contributed by atoms with Crippen LogP contribution in [0.15, 0.2) is 24.3 Å². The van der Waals surface area contributed by atoms with Gasteiger partial charge in [-0.3, -0.25) is 4.79 Å². The van der Waals surface area contributed by atoms with Gasteiger partial charge in [-0.1, -0.05) is 12.1 Å². The van der Waals surface area contributed by atoms with E-state index in [-0.39, 0.29) is 18.5 Å². The number of aryl methyl sites for hydroxylation is 1. The number of rotatable bonds is 3. The summed E-state index contributed by atoms with van der Waals surface area (Å²) in [5.41, 5.74) is 3.00. The monoisotopic (exact) mass is 343 g/mol. The molecule has 0 N–H and O–H groups in total. The van der Waals surface area contributed by atoms with E-state index in [1.807, 2.05) is 31.2 Å². The second-order valence-electron chi connectivity index (χ2n) is 6.00. The summed E-state index contributed by atoms with van der Waals surface area (Å²) in [5, 5.41) is 0. The largest absolute Gasteiger partial charge is 0.457 e. The second-order valence-corrected chi connectivity index (χ2v) is 7.37. The first-order chi connectivity index (χ1) is 11.6. The van der Waals surface area contributed by atoms with Crippen molar-refractivity contribution in [1.29, 1.82) is 0 Å². The lowest BCUT2D eigenvalue weighted by atomic mass is 10.2. The molecule has 2 aliphatic rings. The molecule has 4 rings (SSSR count). The Morgan fingerprint density at radius 3 is 2.88 bits per heavy atom. The van der Waals surface area contributed by atoms with Gasteiger partial charge in [0.25, 0.3) is 0 Å². The van der Waals surface area contributed by atoms with Gasteiger partial charge in [0.1, 0.15) is 6.61 Å². The van der Waals surface area contributed by atoms with E-state index in [2.05, 4.69) is 9.97 Å². The van der Waals surface area contributed by atoms with Gasteiger partial charge in [0.2, 0.25) is 5.91 Å². The number of aromatic nitrogens is 2. The van der Waals surface area contributed by atoms with Crippen LogP contribution in [0.1, 0.15) is 24.2 Å². The predicted molar refractivity (Wildman–Crippen MR) is 90.2 cm³/mol. The van der Waals surface area contributed by atoms with Gasteiger partial charge in [0.05, 0.1) is 22.4 Å². The van der Waals surface area contributed by atoms with Gasteiger partial charge in [-0.25, -0.2) is 14.8 Å². The normalized spacial score (nSPS) is 22.9. The fourth-order valence-electron chi connectivity index (χ4n) is 3.29. The minimum atomic E-state index is -0.824. The van der Waals surface area contributed by atoms with Gasteiger partial charge < -0.3 is 9.64 Å². The number of carbonyl (C=O) groups excluding carboxylic acids is 2. The Kier molecular flexibility index (Phi) is 3.68. The molecule has 2 aliphatic heterocycles. The molecule has 1 aromatic carbocycles. The number of thioether (sulfide) groups is 1. The summed E-state index contributed by atoms with van der Waals surface area (Å²) in [7, 11) is 0. The molecule has 0 radical (unpaired) electrons. The van der Waals surface area contributed by atoms with Crippen LogP contribution in [-0.2, 0) is 20.9 Å². The lowest BCUT2D eigenvalue weighted by molar-refractivity contribution is -0.154. The van der Waals surface area contributed by atoms with Gasteiger partial charge in [-0.05, 0) is 25.5 Å². The highest BCUT2D eigenvalue weighted by molar-refractivity contribution is 8.01. The Morgan fingerprint density at radius 2 is 2.08 bits per heavy atom. The molecule has 0 unspecified atom stereocenters. The van der Waals surface area contributed by atoms with Crippen molar-refractivity contribution in [3.8, 4) is 0 Å². The SMILES string of the molecule is Cc1nc2ccccc2nc1COC(=O)[C@@]12CCC(=O)N1CCS2. The number of hydrogen-bond acceptors (Lipinski definition) is 6. The number of carbonyl (C=O) groups is 2. The number of esters is 1. The van der Waals surface area contributed by atoms with Gasteiger partial charge in [0, 0.05) is 18.7 Å². The molecule has 0 bridgehead atoms. The molecule has 0 spiro atoms. The number of fused-ring (bicyclic) bond motifs is 2. The molecule has 0 aliphatic carbocycles. The number of para-hydroxylation sites is 2.